The van der Waals surface area contributed by atoms with Gasteiger partial charge in [-0.15, -0.1) is 0 Å². The van der Waals surface area contributed by atoms with Crippen molar-refractivity contribution in [2.24, 2.45) is 0 Å². The molecular formula is C20H22N2O6. The molecule has 0 radical (unpaired) electrons. The Kier molecular flexibility index (Phi) is 7.83. The number of carboxylic acid groups (broad SMARTS) is 1. The number of methoxy groups -OCH3 is 1. The molecule has 8 nitrogen and oxygen atoms in total. The first-order valence-electron chi connectivity index (χ1n) is 8.62. The molecule has 3 N–H and O–H groups in total. The number of nitrogens with one attached hydrogen (secondary N) is 2. The summed E-state index contributed by atoms with van der Waals surface area (Å²) < 4.78 is 10.2. The van der Waals surface area contributed by atoms with Gasteiger partial charge in [0.1, 0.15) is 18.4 Å². The zero-order chi connectivity index (χ0) is 20.4. The molecule has 28 heavy (non-hydrogen) atoms. The van der Waals surface area contributed by atoms with Gasteiger partial charge in [0.2, 0.25) is 5.91 Å². The fourth-order valence-corrected chi connectivity index (χ4v) is 2.35. The summed E-state index contributed by atoms with van der Waals surface area (Å²) in [4.78, 5) is 35.4. The molecule has 148 valence electrons. The maximum atomic E-state index is 12.5. The third-order valence-corrected chi connectivity index (χ3v) is 3.83. The van der Waals surface area contributed by atoms with Crippen molar-refractivity contribution in [3.05, 3.63) is 60.2 Å². The fraction of sp³-hybridized carbons (Fsp3) is 0.250. The van der Waals surface area contributed by atoms with E-state index in [0.717, 1.165) is 5.56 Å². The average molecular weight is 386 g/mol. The molecule has 2 aromatic rings. The fourth-order valence-electron chi connectivity index (χ4n) is 2.35. The largest absolute Gasteiger partial charge is 0.497 e. The van der Waals surface area contributed by atoms with Crippen LogP contribution < -0.4 is 15.4 Å². The summed E-state index contributed by atoms with van der Waals surface area (Å²) in [6.07, 6.45) is -1.15. The molecule has 0 saturated carbocycles. The topological polar surface area (TPSA) is 114 Å². The van der Waals surface area contributed by atoms with Crippen molar-refractivity contribution < 1.29 is 29.0 Å². The maximum absolute atomic E-state index is 12.5. The first-order valence-corrected chi connectivity index (χ1v) is 8.62. The second-order valence-electron chi connectivity index (χ2n) is 5.91. The monoisotopic (exact) mass is 386 g/mol. The minimum Gasteiger partial charge on any atom is -0.497 e. The van der Waals surface area contributed by atoms with Crippen LogP contribution in [0.4, 0.5) is 10.5 Å². The highest BCUT2D eigenvalue weighted by molar-refractivity contribution is 5.96. The smallest absolute Gasteiger partial charge is 0.408 e. The SMILES string of the molecule is COc1ccc(NC(=O)C(CCC(=O)O)NC(=O)OCc2ccccc2)cc1. The third-order valence-electron chi connectivity index (χ3n) is 3.83. The summed E-state index contributed by atoms with van der Waals surface area (Å²) in [6.45, 7) is 0.0401. The molecule has 0 saturated heterocycles. The van der Waals surface area contributed by atoms with Crippen LogP contribution in [-0.4, -0.2) is 36.2 Å². The third kappa shape index (κ3) is 6.99. The predicted octanol–water partition coefficient (Wildman–Crippen LogP) is 2.79. The minimum atomic E-state index is -1.07. The van der Waals surface area contributed by atoms with Crippen molar-refractivity contribution in [3.8, 4) is 5.75 Å². The maximum Gasteiger partial charge on any atom is 0.408 e. The molecule has 2 amide bonds. The Hall–Kier alpha value is -3.55. The summed E-state index contributed by atoms with van der Waals surface area (Å²) in [5, 5.41) is 14.0. The average Bonchev–Trinajstić information content (AvgIpc) is 2.70. The van der Waals surface area contributed by atoms with E-state index in [9.17, 15) is 14.4 Å². The van der Waals surface area contributed by atoms with Gasteiger partial charge < -0.3 is 25.2 Å². The Bertz CT molecular complexity index is 792. The van der Waals surface area contributed by atoms with E-state index < -0.39 is 24.0 Å². The van der Waals surface area contributed by atoms with Gasteiger partial charge in [0.15, 0.2) is 0 Å². The standard InChI is InChI=1S/C20H22N2O6/c1-27-16-9-7-15(8-10-16)21-19(25)17(11-12-18(23)24)22-20(26)28-13-14-5-3-2-4-6-14/h2-10,17H,11-13H2,1H3,(H,21,25)(H,22,26)(H,23,24). The molecule has 0 aliphatic carbocycles. The highest BCUT2D eigenvalue weighted by atomic mass is 16.5. The lowest BCUT2D eigenvalue weighted by Crippen LogP contribution is -2.44. The number of anilines is 1. The number of carboxylic acids is 1. The number of carbonyl (C=O) groups is 3. The van der Waals surface area contributed by atoms with Gasteiger partial charge in [-0.2, -0.15) is 0 Å². The summed E-state index contributed by atoms with van der Waals surface area (Å²) in [5.74, 6) is -0.979. The van der Waals surface area contributed by atoms with Crippen molar-refractivity contribution in [2.45, 2.75) is 25.5 Å². The van der Waals surface area contributed by atoms with E-state index in [-0.39, 0.29) is 19.4 Å². The highest BCUT2D eigenvalue weighted by Crippen LogP contribution is 2.15. The summed E-state index contributed by atoms with van der Waals surface area (Å²) >= 11 is 0. The Morgan fingerprint density at radius 3 is 2.32 bits per heavy atom. The lowest BCUT2D eigenvalue weighted by atomic mass is 10.1. The van der Waals surface area contributed by atoms with Crippen molar-refractivity contribution in [1.82, 2.24) is 5.32 Å². The van der Waals surface area contributed by atoms with Crippen LogP contribution in [0.25, 0.3) is 0 Å². The van der Waals surface area contributed by atoms with Gasteiger partial charge in [0.05, 0.1) is 7.11 Å². The zero-order valence-corrected chi connectivity index (χ0v) is 15.4. The number of amides is 2. The molecule has 0 aliphatic rings. The molecule has 0 heterocycles. The van der Waals surface area contributed by atoms with Crippen LogP contribution >= 0.6 is 0 Å². The zero-order valence-electron chi connectivity index (χ0n) is 15.4. The van der Waals surface area contributed by atoms with E-state index in [1.165, 1.54) is 7.11 Å². The molecule has 0 aliphatic heterocycles. The minimum absolute atomic E-state index is 0.0401. The molecule has 0 aromatic heterocycles. The summed E-state index contributed by atoms with van der Waals surface area (Å²) in [7, 11) is 1.53. The van der Waals surface area contributed by atoms with Crippen LogP contribution in [0.3, 0.4) is 0 Å². The van der Waals surface area contributed by atoms with Crippen LogP contribution in [0.15, 0.2) is 54.6 Å². The van der Waals surface area contributed by atoms with Gasteiger partial charge in [-0.3, -0.25) is 9.59 Å². The normalized spacial score (nSPS) is 11.2. The van der Waals surface area contributed by atoms with Crippen LogP contribution in [0.5, 0.6) is 5.75 Å². The van der Waals surface area contributed by atoms with Crippen molar-refractivity contribution in [2.75, 3.05) is 12.4 Å². The molecular weight excluding hydrogens is 364 g/mol. The van der Waals surface area contributed by atoms with Gasteiger partial charge in [-0.25, -0.2) is 4.79 Å². The highest BCUT2D eigenvalue weighted by Gasteiger charge is 2.22. The first-order chi connectivity index (χ1) is 13.5. The molecule has 0 bridgehead atoms. The van der Waals surface area contributed by atoms with Gasteiger partial charge in [-0.1, -0.05) is 30.3 Å². The first kappa shape index (κ1) is 20.8. The summed E-state index contributed by atoms with van der Waals surface area (Å²) in [6, 6.07) is 14.6. The number of hydrogen-bond acceptors (Lipinski definition) is 5. The Morgan fingerprint density at radius 1 is 1.04 bits per heavy atom. The van der Waals surface area contributed by atoms with E-state index in [2.05, 4.69) is 10.6 Å². The van der Waals surface area contributed by atoms with Gasteiger partial charge >= 0.3 is 12.1 Å². The number of carbonyl (C=O) groups excluding carboxylic acids is 2. The molecule has 2 rings (SSSR count). The second kappa shape index (κ2) is 10.6. The quantitative estimate of drug-likeness (QED) is 0.611. The Morgan fingerprint density at radius 2 is 1.71 bits per heavy atom. The van der Waals surface area contributed by atoms with E-state index in [1.807, 2.05) is 18.2 Å². The predicted molar refractivity (Wildman–Crippen MR) is 102 cm³/mol. The Labute approximate surface area is 162 Å². The second-order valence-corrected chi connectivity index (χ2v) is 5.91. The van der Waals surface area contributed by atoms with Crippen molar-refractivity contribution in [3.63, 3.8) is 0 Å². The summed E-state index contributed by atoms with van der Waals surface area (Å²) in [5.41, 5.74) is 1.29. The van der Waals surface area contributed by atoms with E-state index in [4.69, 9.17) is 14.6 Å². The number of benzene rings is 2. The van der Waals surface area contributed by atoms with Crippen LogP contribution in [0.2, 0.25) is 0 Å². The molecule has 0 spiro atoms. The van der Waals surface area contributed by atoms with Crippen molar-refractivity contribution >= 4 is 23.7 Å². The van der Waals surface area contributed by atoms with E-state index in [1.54, 1.807) is 36.4 Å². The molecule has 1 unspecified atom stereocenters. The molecule has 0 fully saturated rings. The lowest BCUT2D eigenvalue weighted by Gasteiger charge is -2.18. The van der Waals surface area contributed by atoms with Gasteiger partial charge in [0, 0.05) is 12.1 Å². The molecule has 8 heteroatoms. The number of alkyl carbamates (subject to hydrolysis) is 1. The van der Waals surface area contributed by atoms with Gasteiger partial charge in [-0.05, 0) is 36.2 Å². The van der Waals surface area contributed by atoms with Crippen LogP contribution in [0.1, 0.15) is 18.4 Å². The number of ether oxygens (including phenoxy) is 2. The van der Waals surface area contributed by atoms with Crippen LogP contribution in [-0.2, 0) is 20.9 Å². The van der Waals surface area contributed by atoms with Gasteiger partial charge in [0.25, 0.3) is 0 Å². The van der Waals surface area contributed by atoms with E-state index in [0.29, 0.717) is 11.4 Å². The van der Waals surface area contributed by atoms with Crippen LogP contribution in [0, 0.1) is 0 Å². The molecule has 2 aromatic carbocycles. The van der Waals surface area contributed by atoms with Crippen molar-refractivity contribution in [1.29, 1.82) is 0 Å². The number of rotatable bonds is 9. The lowest BCUT2D eigenvalue weighted by molar-refractivity contribution is -0.137. The number of hydrogen-bond donors (Lipinski definition) is 3. The molecule has 1 atom stereocenters. The van der Waals surface area contributed by atoms with E-state index >= 15 is 0 Å². The number of aliphatic carboxylic acids is 1. The Balaban J connectivity index is 1.95.